The van der Waals surface area contributed by atoms with Gasteiger partial charge in [0.25, 0.3) is 0 Å². The zero-order valence-electron chi connectivity index (χ0n) is 9.21. The topological polar surface area (TPSA) is 12.9 Å². The molecule has 1 aliphatic carbocycles. The van der Waals surface area contributed by atoms with Crippen molar-refractivity contribution in [3.05, 3.63) is 39.5 Å². The van der Waals surface area contributed by atoms with E-state index in [0.29, 0.717) is 0 Å². The van der Waals surface area contributed by atoms with Crippen LogP contribution in [0.4, 0.5) is 0 Å². The number of hydrogen-bond acceptors (Lipinski definition) is 1. The average Bonchev–Trinajstić information content (AvgIpc) is 2.21. The highest BCUT2D eigenvalue weighted by atomic mass is 35.5. The lowest BCUT2D eigenvalue weighted by Gasteiger charge is -2.12. The molecule has 0 atom stereocenters. The van der Waals surface area contributed by atoms with Crippen molar-refractivity contribution < 1.29 is 0 Å². The lowest BCUT2D eigenvalue weighted by Crippen LogP contribution is -2.31. The van der Waals surface area contributed by atoms with Gasteiger partial charge in [-0.25, -0.2) is 0 Å². The van der Waals surface area contributed by atoms with Crippen molar-refractivity contribution in [2.45, 2.75) is 20.8 Å². The Kier molecular flexibility index (Phi) is 2.43. The summed E-state index contributed by atoms with van der Waals surface area (Å²) in [4.78, 5) is 4.52. The molecular weight excluding hydrogens is 206 g/mol. The van der Waals surface area contributed by atoms with Gasteiger partial charge in [-0.15, -0.1) is 0 Å². The van der Waals surface area contributed by atoms with Crippen molar-refractivity contribution in [1.29, 1.82) is 0 Å². The van der Waals surface area contributed by atoms with E-state index in [0.717, 1.165) is 21.3 Å². The van der Waals surface area contributed by atoms with E-state index in [1.54, 1.807) is 0 Å². The van der Waals surface area contributed by atoms with Gasteiger partial charge in [-0.1, -0.05) is 43.7 Å². The number of hydrogen-bond donors (Lipinski definition) is 0. The zero-order valence-corrected chi connectivity index (χ0v) is 9.97. The number of nitrogens with zero attached hydrogens (tertiary/aromatic N) is 1. The molecule has 0 saturated carbocycles. The van der Waals surface area contributed by atoms with Crippen molar-refractivity contribution in [1.82, 2.24) is 4.98 Å². The van der Waals surface area contributed by atoms with Gasteiger partial charge in [0.15, 0.2) is 0 Å². The monoisotopic (exact) mass is 219 g/mol. The summed E-state index contributed by atoms with van der Waals surface area (Å²) in [7, 11) is 0. The molecule has 0 N–H and O–H groups in total. The van der Waals surface area contributed by atoms with E-state index in [1.165, 1.54) is 0 Å². The molecule has 0 aromatic carbocycles. The highest BCUT2D eigenvalue weighted by Gasteiger charge is 2.11. The van der Waals surface area contributed by atoms with Gasteiger partial charge in [0.1, 0.15) is 0 Å². The minimum Gasteiger partial charge on any atom is -0.253 e. The highest BCUT2D eigenvalue weighted by molar-refractivity contribution is 6.30. The fraction of sp³-hybridized carbons (Fsp3) is 0.308. The maximum atomic E-state index is 6.19. The highest BCUT2D eigenvalue weighted by Crippen LogP contribution is 2.19. The summed E-state index contributed by atoms with van der Waals surface area (Å²) in [6, 6.07) is 1.90. The lowest BCUT2D eigenvalue weighted by molar-refractivity contribution is 0.668. The first-order valence-corrected chi connectivity index (χ1v) is 5.41. The lowest BCUT2D eigenvalue weighted by atomic mass is 9.93. The van der Waals surface area contributed by atoms with Crippen LogP contribution in [0.3, 0.4) is 0 Å². The van der Waals surface area contributed by atoms with E-state index in [-0.39, 0.29) is 5.41 Å². The first-order chi connectivity index (χ1) is 6.98. The number of pyridine rings is 1. The van der Waals surface area contributed by atoms with E-state index >= 15 is 0 Å². The van der Waals surface area contributed by atoms with Crippen molar-refractivity contribution in [2.75, 3.05) is 0 Å². The molecule has 1 aliphatic rings. The van der Waals surface area contributed by atoms with Crippen molar-refractivity contribution >= 4 is 23.8 Å². The van der Waals surface area contributed by atoms with Crippen LogP contribution in [0.5, 0.6) is 0 Å². The third-order valence-electron chi connectivity index (χ3n) is 2.46. The molecule has 0 bridgehead atoms. The fourth-order valence-corrected chi connectivity index (χ4v) is 2.05. The molecule has 0 saturated heterocycles. The average molecular weight is 220 g/mol. The molecule has 0 aliphatic heterocycles. The Balaban J connectivity index is 2.86. The molecule has 0 fully saturated rings. The molecule has 1 aromatic rings. The standard InChI is InChI=1S/C13H14ClN/c1-9-7-11(14)10-5-4-6-13(2,3)8-12(10)15-9/h4-8H,1-3H3. The van der Waals surface area contributed by atoms with Crippen LogP contribution < -0.4 is 10.6 Å². The van der Waals surface area contributed by atoms with Gasteiger partial charge in [-0.3, -0.25) is 4.98 Å². The third kappa shape index (κ3) is 2.13. The molecule has 1 aromatic heterocycles. The van der Waals surface area contributed by atoms with Crippen LogP contribution in [-0.2, 0) is 0 Å². The van der Waals surface area contributed by atoms with Gasteiger partial charge in [0.05, 0.1) is 10.4 Å². The number of aromatic nitrogens is 1. The van der Waals surface area contributed by atoms with Gasteiger partial charge >= 0.3 is 0 Å². The van der Waals surface area contributed by atoms with E-state index < -0.39 is 0 Å². The number of aryl methyl sites for hydroxylation is 1. The molecule has 1 heterocycles. The Bertz CT molecular complexity index is 538. The molecule has 2 rings (SSSR count). The first kappa shape index (κ1) is 10.4. The van der Waals surface area contributed by atoms with Crippen molar-refractivity contribution in [3.63, 3.8) is 0 Å². The minimum absolute atomic E-state index is 0.0336. The minimum atomic E-state index is 0.0336. The number of halogens is 1. The van der Waals surface area contributed by atoms with E-state index in [4.69, 9.17) is 11.6 Å². The number of rotatable bonds is 0. The normalized spacial score (nSPS) is 17.3. The quantitative estimate of drug-likeness (QED) is 0.652. The van der Waals surface area contributed by atoms with Crippen LogP contribution >= 0.6 is 11.6 Å². The second-order valence-electron chi connectivity index (χ2n) is 4.54. The number of allylic oxidation sites excluding steroid dienone is 2. The van der Waals surface area contributed by atoms with Gasteiger partial charge in [0.2, 0.25) is 0 Å². The summed E-state index contributed by atoms with van der Waals surface area (Å²) in [6.45, 7) is 6.28. The molecule has 0 radical (unpaired) electrons. The smallest absolute Gasteiger partial charge is 0.0688 e. The van der Waals surface area contributed by atoms with Gasteiger partial charge in [-0.05, 0) is 19.1 Å². The van der Waals surface area contributed by atoms with Crippen LogP contribution in [0.2, 0.25) is 5.02 Å². The van der Waals surface area contributed by atoms with Crippen LogP contribution in [0.15, 0.2) is 18.2 Å². The van der Waals surface area contributed by atoms with Crippen LogP contribution in [0, 0.1) is 12.3 Å². The predicted molar refractivity (Wildman–Crippen MR) is 65.1 cm³/mol. The summed E-state index contributed by atoms with van der Waals surface area (Å²) in [5.41, 5.74) is 0.993. The summed E-state index contributed by atoms with van der Waals surface area (Å²) >= 11 is 6.19. The zero-order chi connectivity index (χ0) is 11.1. The second-order valence-corrected chi connectivity index (χ2v) is 4.94. The predicted octanol–water partition coefficient (Wildman–Crippen LogP) is 2.20. The van der Waals surface area contributed by atoms with E-state index in [1.807, 2.05) is 25.1 Å². The summed E-state index contributed by atoms with van der Waals surface area (Å²) in [6.07, 6.45) is 8.38. The van der Waals surface area contributed by atoms with Crippen LogP contribution in [-0.4, -0.2) is 4.98 Å². The summed E-state index contributed by atoms with van der Waals surface area (Å²) < 4.78 is 0. The molecule has 1 nitrogen and oxygen atoms in total. The summed E-state index contributed by atoms with van der Waals surface area (Å²) in [5.74, 6) is 0. The molecule has 2 heteroatoms. The molecule has 78 valence electrons. The molecule has 0 unspecified atom stereocenters. The SMILES string of the molecule is Cc1cc(Cl)c2c(n1)=CC(C)(C)C=CC=2. The Labute approximate surface area is 94.8 Å². The maximum absolute atomic E-state index is 6.19. The number of fused-ring (bicyclic) bond motifs is 1. The Morgan fingerprint density at radius 3 is 2.80 bits per heavy atom. The fourth-order valence-electron chi connectivity index (χ4n) is 1.73. The van der Waals surface area contributed by atoms with Crippen molar-refractivity contribution in [2.24, 2.45) is 5.41 Å². The second kappa shape index (κ2) is 3.49. The van der Waals surface area contributed by atoms with E-state index in [2.05, 4.69) is 31.0 Å². The van der Waals surface area contributed by atoms with Gasteiger partial charge in [-0.2, -0.15) is 0 Å². The maximum Gasteiger partial charge on any atom is 0.0688 e. The van der Waals surface area contributed by atoms with Crippen LogP contribution in [0.25, 0.3) is 12.2 Å². The Hall–Kier alpha value is -1.08. The Morgan fingerprint density at radius 1 is 1.33 bits per heavy atom. The Morgan fingerprint density at radius 2 is 2.07 bits per heavy atom. The molecule has 0 spiro atoms. The summed E-state index contributed by atoms with van der Waals surface area (Å²) in [5, 5.41) is 2.77. The molecular formula is C13H14ClN. The van der Waals surface area contributed by atoms with Gasteiger partial charge in [0, 0.05) is 16.3 Å². The third-order valence-corrected chi connectivity index (χ3v) is 2.78. The largest absolute Gasteiger partial charge is 0.253 e. The molecule has 0 amide bonds. The van der Waals surface area contributed by atoms with Crippen LogP contribution in [0.1, 0.15) is 19.5 Å². The van der Waals surface area contributed by atoms with Gasteiger partial charge < -0.3 is 0 Å². The van der Waals surface area contributed by atoms with E-state index in [9.17, 15) is 0 Å². The molecule has 15 heavy (non-hydrogen) atoms. The first-order valence-electron chi connectivity index (χ1n) is 5.03. The van der Waals surface area contributed by atoms with Crippen molar-refractivity contribution in [3.8, 4) is 0 Å².